The molecule has 11 heavy (non-hydrogen) atoms. The molecule has 0 atom stereocenters. The zero-order valence-electron chi connectivity index (χ0n) is 6.10. The molecule has 0 aliphatic carbocycles. The summed E-state index contributed by atoms with van der Waals surface area (Å²) in [5, 5.41) is 16.3. The maximum absolute atomic E-state index is 5.44. The molecule has 0 aliphatic rings. The fourth-order valence-electron chi connectivity index (χ4n) is 0.565. The molecule has 0 aromatic rings. The van der Waals surface area contributed by atoms with E-state index in [4.69, 9.17) is 21.1 Å². The van der Waals surface area contributed by atoms with Crippen molar-refractivity contribution in [2.75, 3.05) is 0 Å². The van der Waals surface area contributed by atoms with Gasteiger partial charge in [-0.05, 0) is 0 Å². The monoisotopic (exact) mass is 206 g/mol. The van der Waals surface area contributed by atoms with Crippen LogP contribution in [0.5, 0.6) is 0 Å². The van der Waals surface area contributed by atoms with E-state index < -0.39 is 0 Å². The van der Waals surface area contributed by atoms with Crippen LogP contribution in [0.3, 0.4) is 0 Å². The van der Waals surface area contributed by atoms with Crippen molar-refractivity contribution in [1.29, 1.82) is 0 Å². The summed E-state index contributed by atoms with van der Waals surface area (Å²) >= 11 is 3.75. The van der Waals surface area contributed by atoms with Crippen molar-refractivity contribution in [2.45, 2.75) is 0 Å². The zero-order chi connectivity index (χ0) is 8.69. The minimum atomic E-state index is 0.194. The van der Waals surface area contributed by atoms with Crippen molar-refractivity contribution < 1.29 is 0 Å². The van der Waals surface area contributed by atoms with Crippen molar-refractivity contribution in [3.63, 3.8) is 0 Å². The summed E-state index contributed by atoms with van der Waals surface area (Å²) in [6, 6.07) is 0. The number of rotatable bonds is 6. The third-order valence-corrected chi connectivity index (χ3v) is 3.64. The first-order chi connectivity index (χ1) is 5.28. The fourth-order valence-corrected chi connectivity index (χ4v) is 2.17. The van der Waals surface area contributed by atoms with Gasteiger partial charge in [0.1, 0.15) is 7.06 Å². The average molecular weight is 206 g/mol. The summed E-state index contributed by atoms with van der Waals surface area (Å²) < 4.78 is 0. The van der Waals surface area contributed by atoms with E-state index in [2.05, 4.69) is 0 Å². The zero-order valence-corrected chi connectivity index (χ0v) is 8.55. The first-order valence-corrected chi connectivity index (χ1v) is 5.88. The number of hydrogen-bond acceptors (Lipinski definition) is 7. The fraction of sp³-hybridized carbons (Fsp3) is 0. The summed E-state index contributed by atoms with van der Waals surface area (Å²) in [6.45, 7) is 0. The van der Waals surface area contributed by atoms with E-state index in [0.29, 0.717) is 7.31 Å². The molecule has 0 rings (SSSR count). The highest BCUT2D eigenvalue weighted by atomic mass is 32.2. The molecular weight excluding hydrogens is 195 g/mol. The van der Waals surface area contributed by atoms with Gasteiger partial charge in [-0.25, -0.2) is 0 Å². The van der Waals surface area contributed by atoms with Crippen LogP contribution in [0.4, 0.5) is 0 Å². The minimum Gasteiger partial charge on any atom is -0.378 e. The van der Waals surface area contributed by atoms with E-state index in [1.165, 1.54) is 35.4 Å². The summed E-state index contributed by atoms with van der Waals surface area (Å²) in [5.41, 5.74) is 5.44. The van der Waals surface area contributed by atoms with Crippen LogP contribution in [-0.4, -0.2) is 25.3 Å². The highest BCUT2D eigenvalue weighted by Gasteiger charge is 2.23. The molecule has 8 N–H and O–H groups in total. The largest absolute Gasteiger partial charge is 0.378 e. The Hall–Kier alpha value is 1.15. The van der Waals surface area contributed by atoms with Gasteiger partial charge in [-0.3, -0.25) is 15.4 Å². The molecular formula is H10B4N4S3. The predicted molar refractivity (Wildman–Crippen MR) is 65.3 cm³/mol. The Morgan fingerprint density at radius 2 is 1.55 bits per heavy atom. The van der Waals surface area contributed by atoms with Gasteiger partial charge in [0.15, 0.2) is 13.1 Å². The first kappa shape index (κ1) is 12.1. The SMILES string of the molecule is NBB(BB(SN)SN)SN. The molecule has 0 saturated carbocycles. The molecule has 11 heteroatoms. The van der Waals surface area contributed by atoms with Crippen LogP contribution in [0.2, 0.25) is 0 Å². The van der Waals surface area contributed by atoms with Gasteiger partial charge in [-0.2, -0.15) is 11.8 Å². The van der Waals surface area contributed by atoms with Crippen molar-refractivity contribution in [1.82, 2.24) is 0 Å². The van der Waals surface area contributed by atoms with E-state index in [1.54, 1.807) is 0 Å². The molecule has 0 saturated heterocycles. The maximum Gasteiger partial charge on any atom is 0.266 e. The Bertz CT molecular complexity index is 75.4. The van der Waals surface area contributed by atoms with Gasteiger partial charge >= 0.3 is 0 Å². The van der Waals surface area contributed by atoms with Gasteiger partial charge in [0.25, 0.3) is 5.16 Å². The van der Waals surface area contributed by atoms with Crippen LogP contribution in [0.1, 0.15) is 0 Å². The van der Waals surface area contributed by atoms with Crippen molar-refractivity contribution >= 4 is 60.7 Å². The molecule has 0 bridgehead atoms. The third kappa shape index (κ3) is 5.40. The van der Waals surface area contributed by atoms with Crippen LogP contribution < -0.4 is 21.1 Å². The average Bonchev–Trinajstić information content (AvgIpc) is 2.07. The smallest absolute Gasteiger partial charge is 0.266 e. The molecule has 4 nitrogen and oxygen atoms in total. The Balaban J connectivity index is 3.58. The summed E-state index contributed by atoms with van der Waals surface area (Å²) in [5.74, 6) is 0.257. The molecule has 0 fully saturated rings. The van der Waals surface area contributed by atoms with E-state index >= 15 is 0 Å². The molecule has 0 aliphatic heterocycles. The van der Waals surface area contributed by atoms with Gasteiger partial charge < -0.3 is 5.64 Å². The van der Waals surface area contributed by atoms with E-state index in [0.717, 1.165) is 7.06 Å². The molecule has 0 heterocycles. The highest BCUT2D eigenvalue weighted by Crippen LogP contribution is 2.08. The standard InChI is InChI=1S/B4H10N4S3/c5-2-3(9-6)1-4(10-7)11-8/h1-2H,5-8H2. The van der Waals surface area contributed by atoms with E-state index in [-0.39, 0.29) is 10.9 Å². The van der Waals surface area contributed by atoms with Crippen LogP contribution in [-0.2, 0) is 0 Å². The molecule has 0 aromatic heterocycles. The minimum absolute atomic E-state index is 0.194. The van der Waals surface area contributed by atoms with E-state index in [1.807, 2.05) is 0 Å². The molecule has 0 spiro atoms. The number of nitrogens with two attached hydrogens (primary N) is 4. The Morgan fingerprint density at radius 3 is 1.82 bits per heavy atom. The number of hydrogen-bond donors (Lipinski definition) is 4. The van der Waals surface area contributed by atoms with Crippen LogP contribution in [0.25, 0.3) is 0 Å². The highest BCUT2D eigenvalue weighted by molar-refractivity contribution is 8.60. The second-order valence-corrected chi connectivity index (χ2v) is 4.85. The predicted octanol–water partition coefficient (Wildman–Crippen LogP) is -2.48. The molecule has 0 unspecified atom stereocenters. The normalized spacial score (nSPS) is 9.09. The van der Waals surface area contributed by atoms with E-state index in [9.17, 15) is 0 Å². The van der Waals surface area contributed by atoms with Crippen LogP contribution >= 0.6 is 35.4 Å². The van der Waals surface area contributed by atoms with Gasteiger partial charge in [0, 0.05) is 0 Å². The van der Waals surface area contributed by atoms with Crippen molar-refractivity contribution in [2.24, 2.45) is 21.1 Å². The Labute approximate surface area is 81.8 Å². The summed E-state index contributed by atoms with van der Waals surface area (Å²) in [7, 11) is 1.42. The Kier molecular flexibility index (Phi) is 8.59. The lowest BCUT2D eigenvalue weighted by Gasteiger charge is -2.08. The van der Waals surface area contributed by atoms with Crippen LogP contribution in [0.15, 0.2) is 0 Å². The Morgan fingerprint density at radius 1 is 1.00 bits per heavy atom. The maximum atomic E-state index is 5.44. The quantitative estimate of drug-likeness (QED) is 0.281. The second-order valence-electron chi connectivity index (χ2n) is 1.93. The first-order valence-electron chi connectivity index (χ1n) is 3.05. The second kappa shape index (κ2) is 7.78. The van der Waals surface area contributed by atoms with Crippen LogP contribution in [0, 0.1) is 0 Å². The van der Waals surface area contributed by atoms with Gasteiger partial charge in [0.2, 0.25) is 0 Å². The lowest BCUT2D eigenvalue weighted by molar-refractivity contribution is 1.97. The van der Waals surface area contributed by atoms with Gasteiger partial charge in [0.05, 0.1) is 0 Å². The molecule has 0 amide bonds. The van der Waals surface area contributed by atoms with Crippen molar-refractivity contribution in [3.05, 3.63) is 0 Å². The van der Waals surface area contributed by atoms with Gasteiger partial charge in [-0.1, -0.05) is 0 Å². The summed E-state index contributed by atoms with van der Waals surface area (Å²) in [4.78, 5) is 0. The van der Waals surface area contributed by atoms with Gasteiger partial charge in [-0.15, -0.1) is 23.6 Å². The molecule has 0 aromatic carbocycles. The lowest BCUT2D eigenvalue weighted by Crippen LogP contribution is -2.41. The summed E-state index contributed by atoms with van der Waals surface area (Å²) in [6.07, 6.45) is 0. The molecule has 0 radical (unpaired) electrons. The third-order valence-electron chi connectivity index (χ3n) is 1.21. The van der Waals surface area contributed by atoms with Crippen molar-refractivity contribution in [3.8, 4) is 0 Å². The lowest BCUT2D eigenvalue weighted by atomic mass is 9.14. The molecule has 60 valence electrons. The topological polar surface area (TPSA) is 104 Å².